The molecule has 0 aromatic carbocycles. The van der Waals surface area contributed by atoms with Crippen molar-refractivity contribution in [3.8, 4) is 0 Å². The molecule has 1 aromatic heterocycles. The van der Waals surface area contributed by atoms with Gasteiger partial charge in [0.15, 0.2) is 0 Å². The minimum Gasteiger partial charge on any atom is -0.480 e. The van der Waals surface area contributed by atoms with E-state index in [0.29, 0.717) is 24.7 Å². The lowest BCUT2D eigenvalue weighted by molar-refractivity contribution is -0.138. The van der Waals surface area contributed by atoms with E-state index in [0.717, 1.165) is 31.7 Å². The first-order chi connectivity index (χ1) is 11.6. The molecular formula is C17H26N4O3. The topological polar surface area (TPSA) is 87.6 Å². The fourth-order valence-corrected chi connectivity index (χ4v) is 3.69. The van der Waals surface area contributed by atoms with Gasteiger partial charge in [0.2, 0.25) is 0 Å². The maximum atomic E-state index is 11.4. The van der Waals surface area contributed by atoms with Crippen molar-refractivity contribution in [2.75, 3.05) is 23.4 Å². The summed E-state index contributed by atoms with van der Waals surface area (Å²) in [6, 6.07) is 1.58. The fraction of sp³-hybridized carbons (Fsp3) is 0.706. The van der Waals surface area contributed by atoms with E-state index in [1.165, 1.54) is 6.33 Å². The SMILES string of the molecule is CC(C)C1OCCCC1Nc1cc(N2CCC[C@@H]2C(=O)O)ncn1. The first kappa shape index (κ1) is 17.0. The summed E-state index contributed by atoms with van der Waals surface area (Å²) in [5, 5.41) is 12.8. The molecule has 0 bridgehead atoms. The van der Waals surface area contributed by atoms with Gasteiger partial charge in [-0.05, 0) is 31.6 Å². The van der Waals surface area contributed by atoms with E-state index < -0.39 is 12.0 Å². The third-order valence-corrected chi connectivity index (χ3v) is 4.84. The van der Waals surface area contributed by atoms with E-state index in [4.69, 9.17) is 4.74 Å². The molecule has 0 spiro atoms. The molecule has 2 aliphatic heterocycles. The van der Waals surface area contributed by atoms with Crippen LogP contribution in [0.1, 0.15) is 39.5 Å². The molecule has 2 aliphatic rings. The van der Waals surface area contributed by atoms with E-state index in [1.807, 2.05) is 11.0 Å². The molecule has 3 heterocycles. The molecule has 7 heteroatoms. The van der Waals surface area contributed by atoms with E-state index in [9.17, 15) is 9.90 Å². The summed E-state index contributed by atoms with van der Waals surface area (Å²) >= 11 is 0. The highest BCUT2D eigenvalue weighted by molar-refractivity contribution is 5.78. The van der Waals surface area contributed by atoms with E-state index in [1.54, 1.807) is 0 Å². The quantitative estimate of drug-likeness (QED) is 0.853. The monoisotopic (exact) mass is 334 g/mol. The number of carbonyl (C=O) groups is 1. The van der Waals surface area contributed by atoms with Crippen LogP contribution in [0.4, 0.5) is 11.6 Å². The van der Waals surface area contributed by atoms with Gasteiger partial charge in [0.1, 0.15) is 24.0 Å². The van der Waals surface area contributed by atoms with Crippen molar-refractivity contribution >= 4 is 17.6 Å². The first-order valence-electron chi connectivity index (χ1n) is 8.76. The van der Waals surface area contributed by atoms with Crippen molar-refractivity contribution in [3.05, 3.63) is 12.4 Å². The molecule has 3 atom stereocenters. The normalized spacial score (nSPS) is 27.5. The van der Waals surface area contributed by atoms with Crippen LogP contribution in [0.3, 0.4) is 0 Å². The van der Waals surface area contributed by atoms with Crippen molar-refractivity contribution in [3.63, 3.8) is 0 Å². The van der Waals surface area contributed by atoms with E-state index in [2.05, 4.69) is 29.1 Å². The number of carboxylic acid groups (broad SMARTS) is 1. The predicted octanol–water partition coefficient (Wildman–Crippen LogP) is 2.15. The molecule has 0 radical (unpaired) electrons. The summed E-state index contributed by atoms with van der Waals surface area (Å²) < 4.78 is 5.91. The molecule has 2 unspecified atom stereocenters. The van der Waals surface area contributed by atoms with Crippen LogP contribution in [-0.4, -0.2) is 52.4 Å². The number of anilines is 2. The molecule has 7 nitrogen and oxygen atoms in total. The van der Waals surface area contributed by atoms with E-state index >= 15 is 0 Å². The van der Waals surface area contributed by atoms with Gasteiger partial charge in [-0.1, -0.05) is 13.8 Å². The average molecular weight is 334 g/mol. The van der Waals surface area contributed by atoms with Crippen molar-refractivity contribution in [2.24, 2.45) is 5.92 Å². The Hall–Kier alpha value is -1.89. The highest BCUT2D eigenvalue weighted by atomic mass is 16.5. The second-order valence-corrected chi connectivity index (χ2v) is 6.92. The summed E-state index contributed by atoms with van der Waals surface area (Å²) in [6.07, 6.45) is 5.28. The molecule has 0 saturated carbocycles. The molecule has 2 fully saturated rings. The van der Waals surface area contributed by atoms with Gasteiger partial charge in [-0.2, -0.15) is 0 Å². The Bertz CT molecular complexity index is 581. The van der Waals surface area contributed by atoms with Gasteiger partial charge < -0.3 is 20.1 Å². The number of aromatic nitrogens is 2. The van der Waals surface area contributed by atoms with E-state index in [-0.39, 0.29) is 12.1 Å². The molecule has 2 saturated heterocycles. The Morgan fingerprint density at radius 1 is 1.38 bits per heavy atom. The summed E-state index contributed by atoms with van der Waals surface area (Å²) in [6.45, 7) is 5.86. The van der Waals surface area contributed by atoms with Gasteiger partial charge in [0.05, 0.1) is 12.1 Å². The van der Waals surface area contributed by atoms with Crippen LogP contribution >= 0.6 is 0 Å². The zero-order chi connectivity index (χ0) is 17.1. The van der Waals surface area contributed by atoms with Crippen LogP contribution in [0.5, 0.6) is 0 Å². The zero-order valence-corrected chi connectivity index (χ0v) is 14.3. The molecule has 3 rings (SSSR count). The second-order valence-electron chi connectivity index (χ2n) is 6.92. The number of hydrogen-bond acceptors (Lipinski definition) is 6. The largest absolute Gasteiger partial charge is 0.480 e. The first-order valence-corrected chi connectivity index (χ1v) is 8.76. The molecule has 0 amide bonds. The highest BCUT2D eigenvalue weighted by Crippen LogP contribution is 2.27. The Morgan fingerprint density at radius 2 is 2.21 bits per heavy atom. The average Bonchev–Trinajstić information content (AvgIpc) is 3.05. The van der Waals surface area contributed by atoms with Crippen LogP contribution in [0.25, 0.3) is 0 Å². The van der Waals surface area contributed by atoms with Crippen molar-refractivity contribution in [1.82, 2.24) is 9.97 Å². The Kier molecular flexibility index (Phi) is 5.18. The number of aliphatic carboxylic acids is 1. The molecule has 2 N–H and O–H groups in total. The van der Waals surface area contributed by atoms with Crippen molar-refractivity contribution < 1.29 is 14.6 Å². The minimum atomic E-state index is -0.791. The Morgan fingerprint density at radius 3 is 2.96 bits per heavy atom. The van der Waals surface area contributed by atoms with Crippen LogP contribution < -0.4 is 10.2 Å². The molecular weight excluding hydrogens is 308 g/mol. The maximum Gasteiger partial charge on any atom is 0.326 e. The number of nitrogens with one attached hydrogen (secondary N) is 1. The number of hydrogen-bond donors (Lipinski definition) is 2. The lowest BCUT2D eigenvalue weighted by atomic mass is 9.94. The number of ether oxygens (including phenoxy) is 1. The third kappa shape index (κ3) is 3.61. The smallest absolute Gasteiger partial charge is 0.326 e. The number of nitrogens with zero attached hydrogens (tertiary/aromatic N) is 3. The second kappa shape index (κ2) is 7.34. The minimum absolute atomic E-state index is 0.163. The fourth-order valence-electron chi connectivity index (χ4n) is 3.69. The summed E-state index contributed by atoms with van der Waals surface area (Å²) in [5.41, 5.74) is 0. The van der Waals surface area contributed by atoms with Gasteiger partial charge in [-0.3, -0.25) is 0 Å². The Labute approximate surface area is 142 Å². The van der Waals surface area contributed by atoms with Gasteiger partial charge >= 0.3 is 5.97 Å². The maximum absolute atomic E-state index is 11.4. The third-order valence-electron chi connectivity index (χ3n) is 4.84. The molecule has 132 valence electrons. The summed E-state index contributed by atoms with van der Waals surface area (Å²) in [4.78, 5) is 21.8. The number of carboxylic acids is 1. The van der Waals surface area contributed by atoms with Crippen molar-refractivity contribution in [1.29, 1.82) is 0 Å². The van der Waals surface area contributed by atoms with Crippen LogP contribution in [0.2, 0.25) is 0 Å². The van der Waals surface area contributed by atoms with Gasteiger partial charge in [-0.25, -0.2) is 14.8 Å². The number of rotatable bonds is 5. The standard InChI is InChI=1S/C17H26N4O3/c1-11(2)16-12(5-4-8-24-16)20-14-9-15(19-10-18-14)21-7-3-6-13(21)17(22)23/h9-13,16H,3-8H2,1-2H3,(H,22,23)(H,18,19,20)/t12?,13-,16?/m1/s1. The van der Waals surface area contributed by atoms with Gasteiger partial charge in [0, 0.05) is 19.2 Å². The summed E-state index contributed by atoms with van der Waals surface area (Å²) in [5.74, 6) is 1.05. The lowest BCUT2D eigenvalue weighted by Gasteiger charge is -2.35. The van der Waals surface area contributed by atoms with Crippen LogP contribution in [-0.2, 0) is 9.53 Å². The van der Waals surface area contributed by atoms with Gasteiger partial charge in [-0.15, -0.1) is 0 Å². The molecule has 1 aromatic rings. The lowest BCUT2D eigenvalue weighted by Crippen LogP contribution is -2.43. The van der Waals surface area contributed by atoms with Crippen LogP contribution in [0.15, 0.2) is 12.4 Å². The molecule has 24 heavy (non-hydrogen) atoms. The zero-order valence-electron chi connectivity index (χ0n) is 14.3. The van der Waals surface area contributed by atoms with Crippen molar-refractivity contribution in [2.45, 2.75) is 57.7 Å². The Balaban J connectivity index is 1.74. The summed E-state index contributed by atoms with van der Waals surface area (Å²) in [7, 11) is 0. The van der Waals surface area contributed by atoms with Gasteiger partial charge in [0.25, 0.3) is 0 Å². The van der Waals surface area contributed by atoms with Crippen LogP contribution in [0, 0.1) is 5.92 Å². The molecule has 0 aliphatic carbocycles. The highest BCUT2D eigenvalue weighted by Gasteiger charge is 2.32. The predicted molar refractivity (Wildman–Crippen MR) is 91.3 cm³/mol.